The maximum Gasteiger partial charge on any atom is 0.226 e. The zero-order valence-corrected chi connectivity index (χ0v) is 12.5. The van der Waals surface area contributed by atoms with Crippen LogP contribution in [0.5, 0.6) is 0 Å². The maximum absolute atomic E-state index is 12.1. The SMILES string of the molecule is Cc1cccc(NC(=O)C[C@@H](C)n2nc(C)cc2C)c1. The van der Waals surface area contributed by atoms with Gasteiger partial charge in [-0.15, -0.1) is 0 Å². The molecule has 0 spiro atoms. The summed E-state index contributed by atoms with van der Waals surface area (Å²) in [6.45, 7) is 7.99. The van der Waals surface area contributed by atoms with Gasteiger partial charge in [0.05, 0.1) is 11.7 Å². The number of aryl methyl sites for hydroxylation is 3. The zero-order valence-electron chi connectivity index (χ0n) is 12.5. The van der Waals surface area contributed by atoms with E-state index >= 15 is 0 Å². The highest BCUT2D eigenvalue weighted by Gasteiger charge is 2.14. The molecule has 2 aromatic rings. The largest absolute Gasteiger partial charge is 0.326 e. The lowest BCUT2D eigenvalue weighted by molar-refractivity contribution is -0.116. The van der Waals surface area contributed by atoms with Crippen LogP contribution in [-0.4, -0.2) is 15.7 Å². The van der Waals surface area contributed by atoms with Gasteiger partial charge in [-0.2, -0.15) is 5.10 Å². The number of nitrogens with zero attached hydrogens (tertiary/aromatic N) is 2. The number of anilines is 1. The lowest BCUT2D eigenvalue weighted by Crippen LogP contribution is -2.19. The van der Waals surface area contributed by atoms with Crippen molar-refractivity contribution in [1.29, 1.82) is 0 Å². The van der Waals surface area contributed by atoms with Crippen LogP contribution in [0.1, 0.15) is 36.3 Å². The van der Waals surface area contributed by atoms with E-state index in [0.717, 1.165) is 22.6 Å². The van der Waals surface area contributed by atoms with Crippen molar-refractivity contribution >= 4 is 11.6 Å². The average Bonchev–Trinajstić information content (AvgIpc) is 2.68. The minimum Gasteiger partial charge on any atom is -0.326 e. The second-order valence-electron chi connectivity index (χ2n) is 5.34. The fourth-order valence-electron chi connectivity index (χ4n) is 2.38. The number of carbonyl (C=O) groups is 1. The summed E-state index contributed by atoms with van der Waals surface area (Å²) in [6, 6.07) is 9.89. The number of hydrogen-bond donors (Lipinski definition) is 1. The molecule has 0 radical (unpaired) electrons. The fourth-order valence-corrected chi connectivity index (χ4v) is 2.38. The van der Waals surface area contributed by atoms with Crippen molar-refractivity contribution in [2.75, 3.05) is 5.32 Å². The normalized spacial score (nSPS) is 12.2. The van der Waals surface area contributed by atoms with Crippen LogP contribution >= 0.6 is 0 Å². The molecule has 20 heavy (non-hydrogen) atoms. The molecule has 1 aromatic heterocycles. The molecular formula is C16H21N3O. The standard InChI is InChI=1S/C16H21N3O/c1-11-6-5-7-15(8-11)17-16(20)10-14(4)19-13(3)9-12(2)18-19/h5-9,14H,10H2,1-4H3,(H,17,20)/t14-/m1/s1. The molecule has 2 rings (SSSR count). The third-order valence-electron chi connectivity index (χ3n) is 3.24. The Morgan fingerprint density at radius 1 is 1.30 bits per heavy atom. The van der Waals surface area contributed by atoms with Crippen LogP contribution in [-0.2, 0) is 4.79 Å². The number of amides is 1. The van der Waals surface area contributed by atoms with Crippen LogP contribution in [0.25, 0.3) is 0 Å². The van der Waals surface area contributed by atoms with Crippen LogP contribution in [0.3, 0.4) is 0 Å². The van der Waals surface area contributed by atoms with Gasteiger partial charge in [0.25, 0.3) is 0 Å². The molecule has 1 amide bonds. The van der Waals surface area contributed by atoms with E-state index in [2.05, 4.69) is 10.4 Å². The van der Waals surface area contributed by atoms with Crippen molar-refractivity contribution in [3.8, 4) is 0 Å². The number of benzene rings is 1. The first kappa shape index (κ1) is 14.3. The quantitative estimate of drug-likeness (QED) is 0.926. The summed E-state index contributed by atoms with van der Waals surface area (Å²) >= 11 is 0. The molecule has 4 nitrogen and oxygen atoms in total. The molecule has 4 heteroatoms. The van der Waals surface area contributed by atoms with Gasteiger partial charge in [0.2, 0.25) is 5.91 Å². The molecular weight excluding hydrogens is 250 g/mol. The molecule has 1 aromatic carbocycles. The van der Waals surface area contributed by atoms with Crippen LogP contribution in [0.2, 0.25) is 0 Å². The van der Waals surface area contributed by atoms with Gasteiger partial charge in [0.15, 0.2) is 0 Å². The first-order valence-electron chi connectivity index (χ1n) is 6.85. The molecule has 0 aliphatic carbocycles. The average molecular weight is 271 g/mol. The van der Waals surface area contributed by atoms with Gasteiger partial charge in [-0.3, -0.25) is 9.48 Å². The first-order chi connectivity index (χ1) is 9.45. The number of carbonyl (C=O) groups excluding carboxylic acids is 1. The predicted molar refractivity (Wildman–Crippen MR) is 80.8 cm³/mol. The Labute approximate surface area is 119 Å². The summed E-state index contributed by atoms with van der Waals surface area (Å²) in [4.78, 5) is 12.1. The van der Waals surface area contributed by atoms with E-state index in [4.69, 9.17) is 0 Å². The van der Waals surface area contributed by atoms with Gasteiger partial charge < -0.3 is 5.32 Å². The third kappa shape index (κ3) is 3.47. The highest BCUT2D eigenvalue weighted by atomic mass is 16.1. The van der Waals surface area contributed by atoms with E-state index in [9.17, 15) is 4.79 Å². The van der Waals surface area contributed by atoms with Gasteiger partial charge in [0, 0.05) is 17.8 Å². The minimum absolute atomic E-state index is 0.00986. The van der Waals surface area contributed by atoms with Gasteiger partial charge >= 0.3 is 0 Å². The Hall–Kier alpha value is -2.10. The second kappa shape index (κ2) is 5.90. The zero-order chi connectivity index (χ0) is 14.7. The number of rotatable bonds is 4. The highest BCUT2D eigenvalue weighted by Crippen LogP contribution is 2.16. The Morgan fingerprint density at radius 2 is 2.05 bits per heavy atom. The number of nitrogens with one attached hydrogen (secondary N) is 1. The smallest absolute Gasteiger partial charge is 0.226 e. The Bertz CT molecular complexity index is 616. The van der Waals surface area contributed by atoms with E-state index in [1.807, 2.05) is 62.7 Å². The molecule has 1 N–H and O–H groups in total. The molecule has 0 saturated heterocycles. The molecule has 0 saturated carbocycles. The molecule has 0 fully saturated rings. The highest BCUT2D eigenvalue weighted by molar-refractivity contribution is 5.91. The number of aromatic nitrogens is 2. The predicted octanol–water partition coefficient (Wildman–Crippen LogP) is 3.40. The van der Waals surface area contributed by atoms with Crippen molar-refractivity contribution in [1.82, 2.24) is 9.78 Å². The molecule has 106 valence electrons. The fraction of sp³-hybridized carbons (Fsp3) is 0.375. The Morgan fingerprint density at radius 3 is 2.65 bits per heavy atom. The van der Waals surface area contributed by atoms with Gasteiger partial charge in [-0.1, -0.05) is 12.1 Å². The summed E-state index contributed by atoms with van der Waals surface area (Å²) in [5.41, 5.74) is 4.04. The van der Waals surface area contributed by atoms with Gasteiger partial charge in [0.1, 0.15) is 0 Å². The lowest BCUT2D eigenvalue weighted by Gasteiger charge is -2.14. The van der Waals surface area contributed by atoms with Crippen LogP contribution in [0, 0.1) is 20.8 Å². The van der Waals surface area contributed by atoms with Crippen LogP contribution in [0.4, 0.5) is 5.69 Å². The van der Waals surface area contributed by atoms with E-state index in [-0.39, 0.29) is 11.9 Å². The lowest BCUT2D eigenvalue weighted by atomic mass is 10.2. The van der Waals surface area contributed by atoms with E-state index < -0.39 is 0 Å². The molecule has 0 bridgehead atoms. The van der Waals surface area contributed by atoms with Gasteiger partial charge in [-0.25, -0.2) is 0 Å². The van der Waals surface area contributed by atoms with E-state index in [1.54, 1.807) is 0 Å². The number of hydrogen-bond acceptors (Lipinski definition) is 2. The maximum atomic E-state index is 12.1. The monoisotopic (exact) mass is 271 g/mol. The summed E-state index contributed by atoms with van der Waals surface area (Å²) in [6.07, 6.45) is 0.413. The van der Waals surface area contributed by atoms with Crippen molar-refractivity contribution in [2.45, 2.75) is 40.2 Å². The Kier molecular flexibility index (Phi) is 4.23. The van der Waals surface area contributed by atoms with Crippen molar-refractivity contribution in [3.05, 3.63) is 47.3 Å². The molecule has 1 heterocycles. The summed E-state index contributed by atoms with van der Waals surface area (Å²) in [5.74, 6) is 0.00986. The van der Waals surface area contributed by atoms with Gasteiger partial charge in [-0.05, 0) is 51.5 Å². The second-order valence-corrected chi connectivity index (χ2v) is 5.34. The molecule has 0 aliphatic heterocycles. The Balaban J connectivity index is 1.99. The topological polar surface area (TPSA) is 46.9 Å². The molecule has 0 aliphatic rings. The van der Waals surface area contributed by atoms with E-state index in [0.29, 0.717) is 6.42 Å². The summed E-state index contributed by atoms with van der Waals surface area (Å²) < 4.78 is 1.91. The molecule has 1 atom stereocenters. The van der Waals surface area contributed by atoms with Crippen LogP contribution < -0.4 is 5.32 Å². The summed E-state index contributed by atoms with van der Waals surface area (Å²) in [5, 5.41) is 7.35. The van der Waals surface area contributed by atoms with Crippen molar-refractivity contribution in [3.63, 3.8) is 0 Å². The van der Waals surface area contributed by atoms with Crippen molar-refractivity contribution in [2.24, 2.45) is 0 Å². The first-order valence-corrected chi connectivity index (χ1v) is 6.85. The molecule has 0 unspecified atom stereocenters. The third-order valence-corrected chi connectivity index (χ3v) is 3.24. The summed E-state index contributed by atoms with van der Waals surface area (Å²) in [7, 11) is 0. The minimum atomic E-state index is 0.00986. The van der Waals surface area contributed by atoms with E-state index in [1.165, 1.54) is 0 Å². The van der Waals surface area contributed by atoms with Crippen LogP contribution in [0.15, 0.2) is 30.3 Å². The van der Waals surface area contributed by atoms with Crippen molar-refractivity contribution < 1.29 is 4.79 Å².